The Labute approximate surface area is 111 Å². The summed E-state index contributed by atoms with van der Waals surface area (Å²) in [4.78, 5) is 12.3. The van der Waals surface area contributed by atoms with E-state index in [-0.39, 0.29) is 29.6 Å². The Morgan fingerprint density at radius 3 is 2.74 bits per heavy atom. The number of carbonyl (C=O) groups excluding carboxylic acids is 1. The van der Waals surface area contributed by atoms with Crippen LogP contribution in [-0.4, -0.2) is 12.3 Å². The third-order valence-corrected chi connectivity index (χ3v) is 3.15. The average molecular weight is 263 g/mol. The third-order valence-electron chi connectivity index (χ3n) is 3.15. The number of furan rings is 1. The van der Waals surface area contributed by atoms with E-state index in [2.05, 4.69) is 0 Å². The van der Waals surface area contributed by atoms with Gasteiger partial charge in [-0.3, -0.25) is 4.79 Å². The fourth-order valence-corrected chi connectivity index (χ4v) is 2.23. The highest BCUT2D eigenvalue weighted by atomic mass is 19.1. The van der Waals surface area contributed by atoms with Gasteiger partial charge in [0.05, 0.1) is 0 Å². The van der Waals surface area contributed by atoms with E-state index in [1.54, 1.807) is 18.2 Å². The first kappa shape index (κ1) is 13.7. The maximum absolute atomic E-state index is 13.5. The van der Waals surface area contributed by atoms with Crippen molar-refractivity contribution in [2.75, 3.05) is 6.54 Å². The van der Waals surface area contributed by atoms with E-state index in [1.165, 1.54) is 6.07 Å². The molecule has 4 heteroatoms. The van der Waals surface area contributed by atoms with Crippen molar-refractivity contribution in [3.8, 4) is 0 Å². The Kier molecular flexibility index (Phi) is 4.00. The predicted octanol–water partition coefficient (Wildman–Crippen LogP) is 3.38. The van der Waals surface area contributed by atoms with Crippen molar-refractivity contribution in [1.29, 1.82) is 0 Å². The zero-order valence-electron chi connectivity index (χ0n) is 11.2. The summed E-state index contributed by atoms with van der Waals surface area (Å²) in [5.74, 6) is -0.310. The molecule has 0 saturated heterocycles. The fraction of sp³-hybridized carbons (Fsp3) is 0.400. The smallest absolute Gasteiger partial charge is 0.202 e. The van der Waals surface area contributed by atoms with Crippen LogP contribution in [-0.2, 0) is 0 Å². The van der Waals surface area contributed by atoms with Gasteiger partial charge in [-0.1, -0.05) is 26.0 Å². The van der Waals surface area contributed by atoms with Crippen LogP contribution in [0.3, 0.4) is 0 Å². The zero-order chi connectivity index (χ0) is 14.0. The molecule has 0 fully saturated rings. The maximum atomic E-state index is 13.5. The van der Waals surface area contributed by atoms with Crippen molar-refractivity contribution in [1.82, 2.24) is 0 Å². The SMILES string of the molecule is CC(C)CC(CN)C(=O)c1cc2cccc(F)c2o1. The van der Waals surface area contributed by atoms with Gasteiger partial charge in [-0.25, -0.2) is 4.39 Å². The lowest BCUT2D eigenvalue weighted by Crippen LogP contribution is -2.25. The number of carbonyl (C=O) groups is 1. The average Bonchev–Trinajstić information content (AvgIpc) is 2.80. The molecule has 0 bridgehead atoms. The third kappa shape index (κ3) is 2.84. The van der Waals surface area contributed by atoms with Gasteiger partial charge in [-0.2, -0.15) is 0 Å². The molecule has 3 nitrogen and oxygen atoms in total. The molecule has 1 aromatic heterocycles. The molecule has 19 heavy (non-hydrogen) atoms. The van der Waals surface area contributed by atoms with E-state index in [0.717, 1.165) is 0 Å². The molecule has 0 aliphatic heterocycles. The molecule has 0 radical (unpaired) electrons. The first-order valence-electron chi connectivity index (χ1n) is 6.45. The number of halogens is 1. The number of Topliss-reactive ketones (excluding diaryl/α,β-unsaturated/α-hetero) is 1. The highest BCUT2D eigenvalue weighted by Gasteiger charge is 2.23. The zero-order valence-corrected chi connectivity index (χ0v) is 11.2. The molecule has 1 atom stereocenters. The molecule has 0 amide bonds. The van der Waals surface area contributed by atoms with Crippen LogP contribution in [0.25, 0.3) is 11.0 Å². The van der Waals surface area contributed by atoms with Crippen LogP contribution in [0.1, 0.15) is 30.8 Å². The molecule has 0 saturated carbocycles. The molecule has 2 aromatic rings. The Morgan fingerprint density at radius 2 is 2.16 bits per heavy atom. The normalized spacial score (nSPS) is 13.1. The maximum Gasteiger partial charge on any atom is 0.202 e. The Hall–Kier alpha value is -1.68. The number of para-hydroxylation sites is 1. The molecule has 102 valence electrons. The van der Waals surface area contributed by atoms with Gasteiger partial charge < -0.3 is 10.2 Å². The van der Waals surface area contributed by atoms with Gasteiger partial charge in [0.1, 0.15) is 0 Å². The van der Waals surface area contributed by atoms with Gasteiger partial charge in [0.25, 0.3) is 0 Å². The summed E-state index contributed by atoms with van der Waals surface area (Å²) in [7, 11) is 0. The number of fused-ring (bicyclic) bond motifs is 1. The van der Waals surface area contributed by atoms with E-state index in [0.29, 0.717) is 17.7 Å². The van der Waals surface area contributed by atoms with Crippen LogP contribution in [0, 0.1) is 17.7 Å². The van der Waals surface area contributed by atoms with Gasteiger partial charge in [0, 0.05) is 17.8 Å². The molecule has 1 unspecified atom stereocenters. The van der Waals surface area contributed by atoms with Gasteiger partial charge in [0.15, 0.2) is 17.2 Å². The quantitative estimate of drug-likeness (QED) is 0.841. The number of rotatable bonds is 5. The lowest BCUT2D eigenvalue weighted by Gasteiger charge is -2.14. The van der Waals surface area contributed by atoms with E-state index in [9.17, 15) is 9.18 Å². The Bertz CT molecular complexity index is 589. The van der Waals surface area contributed by atoms with Gasteiger partial charge in [-0.15, -0.1) is 0 Å². The lowest BCUT2D eigenvalue weighted by molar-refractivity contribution is 0.0882. The lowest BCUT2D eigenvalue weighted by atomic mass is 9.92. The summed E-state index contributed by atoms with van der Waals surface area (Å²) in [6.07, 6.45) is 0.703. The van der Waals surface area contributed by atoms with Crippen molar-refractivity contribution >= 4 is 16.8 Å². The summed E-state index contributed by atoms with van der Waals surface area (Å²) < 4.78 is 18.9. The topological polar surface area (TPSA) is 56.2 Å². The summed E-state index contributed by atoms with van der Waals surface area (Å²) in [6.45, 7) is 4.35. The van der Waals surface area contributed by atoms with Crippen molar-refractivity contribution in [3.05, 3.63) is 35.8 Å². The van der Waals surface area contributed by atoms with Gasteiger partial charge >= 0.3 is 0 Å². The summed E-state index contributed by atoms with van der Waals surface area (Å²) in [6, 6.07) is 6.22. The van der Waals surface area contributed by atoms with Crippen LogP contribution in [0.5, 0.6) is 0 Å². The minimum Gasteiger partial charge on any atom is -0.450 e. The van der Waals surface area contributed by atoms with E-state index in [4.69, 9.17) is 10.2 Å². The molecule has 0 aliphatic rings. The summed E-state index contributed by atoms with van der Waals surface area (Å²) in [5, 5.41) is 0.601. The van der Waals surface area contributed by atoms with Crippen molar-refractivity contribution < 1.29 is 13.6 Å². The first-order chi connectivity index (χ1) is 9.02. The molecule has 1 aromatic carbocycles. The number of ketones is 1. The van der Waals surface area contributed by atoms with Crippen LogP contribution < -0.4 is 5.73 Å². The summed E-state index contributed by atoms with van der Waals surface area (Å²) in [5.41, 5.74) is 5.78. The van der Waals surface area contributed by atoms with Crippen LogP contribution >= 0.6 is 0 Å². The Morgan fingerprint density at radius 1 is 1.42 bits per heavy atom. The molecule has 1 heterocycles. The second-order valence-corrected chi connectivity index (χ2v) is 5.20. The molecular formula is C15H18FNO2. The number of hydrogen-bond donors (Lipinski definition) is 1. The van der Waals surface area contributed by atoms with Crippen molar-refractivity contribution in [3.63, 3.8) is 0 Å². The van der Waals surface area contributed by atoms with Crippen LogP contribution in [0.4, 0.5) is 4.39 Å². The highest BCUT2D eigenvalue weighted by molar-refractivity contribution is 5.99. The fourth-order valence-electron chi connectivity index (χ4n) is 2.23. The second kappa shape index (κ2) is 5.53. The highest BCUT2D eigenvalue weighted by Crippen LogP contribution is 2.25. The molecule has 2 N–H and O–H groups in total. The Balaban J connectivity index is 2.33. The van der Waals surface area contributed by atoms with Gasteiger partial charge in [-0.05, 0) is 24.5 Å². The van der Waals surface area contributed by atoms with E-state index < -0.39 is 5.82 Å². The molecule has 0 aliphatic carbocycles. The predicted molar refractivity (Wildman–Crippen MR) is 72.5 cm³/mol. The minimum absolute atomic E-state index is 0.131. The largest absolute Gasteiger partial charge is 0.450 e. The second-order valence-electron chi connectivity index (χ2n) is 5.20. The van der Waals surface area contributed by atoms with Gasteiger partial charge in [0.2, 0.25) is 5.78 Å². The van der Waals surface area contributed by atoms with Crippen molar-refractivity contribution in [2.24, 2.45) is 17.6 Å². The number of hydrogen-bond acceptors (Lipinski definition) is 3. The van der Waals surface area contributed by atoms with E-state index in [1.807, 2.05) is 13.8 Å². The minimum atomic E-state index is -0.454. The molecule has 2 rings (SSSR count). The molecule has 0 spiro atoms. The van der Waals surface area contributed by atoms with E-state index >= 15 is 0 Å². The number of benzene rings is 1. The molecular weight excluding hydrogens is 245 g/mol. The monoisotopic (exact) mass is 263 g/mol. The number of nitrogens with two attached hydrogens (primary N) is 1. The summed E-state index contributed by atoms with van der Waals surface area (Å²) >= 11 is 0. The van der Waals surface area contributed by atoms with Crippen molar-refractivity contribution in [2.45, 2.75) is 20.3 Å². The first-order valence-corrected chi connectivity index (χ1v) is 6.45. The standard InChI is InChI=1S/C15H18FNO2/c1-9(2)6-11(8-17)14(18)13-7-10-4-3-5-12(16)15(10)19-13/h3-5,7,9,11H,6,8,17H2,1-2H3. The van der Waals surface area contributed by atoms with Crippen LogP contribution in [0.15, 0.2) is 28.7 Å². The van der Waals surface area contributed by atoms with Crippen LogP contribution in [0.2, 0.25) is 0 Å².